The normalized spacial score (nSPS) is 22.1. The zero-order chi connectivity index (χ0) is 25.9. The fourth-order valence-electron chi connectivity index (χ4n) is 4.48. The van der Waals surface area contributed by atoms with Crippen molar-refractivity contribution in [3.05, 3.63) is 59.7 Å². The molecule has 12 heteroatoms. The number of halogens is 6. The first-order valence-corrected chi connectivity index (χ1v) is 11.2. The third-order valence-corrected chi connectivity index (χ3v) is 6.08. The number of nitrogens with one attached hydrogen (secondary N) is 1. The number of alkyl halides is 6. The molecule has 4 rings (SSSR count). The van der Waals surface area contributed by atoms with Crippen LogP contribution in [0.15, 0.2) is 53.7 Å². The number of amides is 1. The Balaban J connectivity index is 1.30. The monoisotopic (exact) mass is 516 g/mol. The van der Waals surface area contributed by atoms with E-state index in [1.807, 2.05) is 0 Å². The minimum Gasteiger partial charge on any atom is -0.406 e. The van der Waals surface area contributed by atoms with Crippen molar-refractivity contribution in [2.75, 3.05) is 0 Å². The molecule has 1 amide bonds. The number of hydrogen-bond acceptors (Lipinski definition) is 5. The predicted octanol–water partition coefficient (Wildman–Crippen LogP) is 6.03. The largest absolute Gasteiger partial charge is 0.573 e. The molecule has 1 N–H and O–H groups in total. The van der Waals surface area contributed by atoms with Gasteiger partial charge >= 0.3 is 12.7 Å². The molecule has 2 aromatic carbocycles. The van der Waals surface area contributed by atoms with E-state index < -0.39 is 18.8 Å². The third-order valence-electron chi connectivity index (χ3n) is 6.08. The fraction of sp³-hybridized carbons (Fsp3) is 0.417. The molecule has 0 bridgehead atoms. The van der Waals surface area contributed by atoms with E-state index in [-0.39, 0.29) is 35.8 Å². The lowest BCUT2D eigenvalue weighted by atomic mass is 9.87. The second-order valence-electron chi connectivity index (χ2n) is 8.55. The van der Waals surface area contributed by atoms with E-state index in [1.165, 1.54) is 48.5 Å². The van der Waals surface area contributed by atoms with Gasteiger partial charge in [-0.25, -0.2) is 0 Å². The van der Waals surface area contributed by atoms with Crippen LogP contribution in [0, 0.1) is 11.8 Å². The maximum absolute atomic E-state index is 12.9. The molecule has 2 aromatic rings. The van der Waals surface area contributed by atoms with Gasteiger partial charge in [-0.05, 0) is 48.2 Å². The average molecular weight is 516 g/mol. The van der Waals surface area contributed by atoms with Gasteiger partial charge in [0.15, 0.2) is 6.10 Å². The van der Waals surface area contributed by atoms with Gasteiger partial charge < -0.3 is 19.6 Å². The Hall–Kier alpha value is -3.44. The van der Waals surface area contributed by atoms with Gasteiger partial charge in [-0.1, -0.05) is 35.8 Å². The van der Waals surface area contributed by atoms with E-state index in [2.05, 4.69) is 19.9 Å². The summed E-state index contributed by atoms with van der Waals surface area (Å²) in [4.78, 5) is 18.4. The molecule has 36 heavy (non-hydrogen) atoms. The van der Waals surface area contributed by atoms with E-state index in [0.717, 1.165) is 18.6 Å². The van der Waals surface area contributed by atoms with Crippen molar-refractivity contribution in [3.8, 4) is 11.5 Å². The average Bonchev–Trinajstić information content (AvgIpc) is 3.46. The molecule has 0 spiro atoms. The summed E-state index contributed by atoms with van der Waals surface area (Å²) in [6, 6.07) is 10.6. The van der Waals surface area contributed by atoms with Gasteiger partial charge in [0.25, 0.3) is 0 Å². The molecule has 1 aliphatic heterocycles. The summed E-state index contributed by atoms with van der Waals surface area (Å²) in [6.45, 7) is 0.145. The number of carbonyl (C=O) groups is 1. The smallest absolute Gasteiger partial charge is 0.406 e. The standard InChI is InChI=1S/C24H22F6N2O4/c25-23(26,27)34-16-8-4-14(5-9-16)13-31-22(33)19-3-1-2-18(19)20-12-21(36-32-20)15-6-10-17(11-7-15)35-24(28,29)30/h4-11,18-19,21H,1-3,12-13H2,(H,31,33). The van der Waals surface area contributed by atoms with E-state index in [0.29, 0.717) is 24.0 Å². The van der Waals surface area contributed by atoms with Crippen molar-refractivity contribution in [1.82, 2.24) is 5.32 Å². The highest BCUT2D eigenvalue weighted by Gasteiger charge is 2.39. The number of ether oxygens (including phenoxy) is 2. The van der Waals surface area contributed by atoms with Crippen LogP contribution in [0.3, 0.4) is 0 Å². The zero-order valence-electron chi connectivity index (χ0n) is 18.7. The van der Waals surface area contributed by atoms with Crippen LogP contribution >= 0.6 is 0 Å². The van der Waals surface area contributed by atoms with Crippen LogP contribution in [-0.4, -0.2) is 24.3 Å². The van der Waals surface area contributed by atoms with Gasteiger partial charge in [-0.2, -0.15) is 0 Å². The van der Waals surface area contributed by atoms with Crippen LogP contribution in [0.4, 0.5) is 26.3 Å². The quantitative estimate of drug-likeness (QED) is 0.456. The van der Waals surface area contributed by atoms with Crippen molar-refractivity contribution in [1.29, 1.82) is 0 Å². The second kappa shape index (κ2) is 10.3. The lowest BCUT2D eigenvalue weighted by Gasteiger charge is -2.19. The van der Waals surface area contributed by atoms with Gasteiger partial charge in [0, 0.05) is 24.8 Å². The van der Waals surface area contributed by atoms with Gasteiger partial charge in [-0.3, -0.25) is 4.79 Å². The van der Waals surface area contributed by atoms with Crippen molar-refractivity contribution >= 4 is 11.6 Å². The summed E-state index contributed by atoms with van der Waals surface area (Å²) in [5.74, 6) is -1.33. The van der Waals surface area contributed by atoms with Gasteiger partial charge in [0.2, 0.25) is 5.91 Å². The van der Waals surface area contributed by atoms with Gasteiger partial charge in [-0.15, -0.1) is 26.3 Å². The Morgan fingerprint density at radius 2 is 1.50 bits per heavy atom. The first kappa shape index (κ1) is 25.6. The van der Waals surface area contributed by atoms with E-state index >= 15 is 0 Å². The molecular formula is C24H22F6N2O4. The summed E-state index contributed by atoms with van der Waals surface area (Å²) in [7, 11) is 0. The van der Waals surface area contributed by atoms with Gasteiger partial charge in [0.05, 0.1) is 5.71 Å². The van der Waals surface area contributed by atoms with Crippen LogP contribution in [-0.2, 0) is 16.2 Å². The summed E-state index contributed by atoms with van der Waals surface area (Å²) in [6.07, 6.45) is -7.39. The second-order valence-corrected chi connectivity index (χ2v) is 8.55. The van der Waals surface area contributed by atoms with Crippen molar-refractivity contribution in [3.63, 3.8) is 0 Å². The molecule has 0 aromatic heterocycles. The van der Waals surface area contributed by atoms with Crippen LogP contribution in [0.25, 0.3) is 0 Å². The van der Waals surface area contributed by atoms with Crippen molar-refractivity contribution in [2.45, 2.75) is 51.1 Å². The first-order valence-electron chi connectivity index (χ1n) is 11.2. The fourth-order valence-corrected chi connectivity index (χ4v) is 4.48. The summed E-state index contributed by atoms with van der Waals surface area (Å²) >= 11 is 0. The molecule has 1 heterocycles. The number of hydrogen-bond donors (Lipinski definition) is 1. The topological polar surface area (TPSA) is 69.2 Å². The SMILES string of the molecule is O=C(NCc1ccc(OC(F)(F)F)cc1)C1CCCC1C1=NOC(c2ccc(OC(F)(F)F)cc2)C1. The Bertz CT molecular complexity index is 1080. The van der Waals surface area contributed by atoms with Gasteiger partial charge in [0.1, 0.15) is 11.5 Å². The molecule has 3 unspecified atom stereocenters. The Kier molecular flexibility index (Phi) is 7.32. The molecule has 0 saturated heterocycles. The Labute approximate surface area is 202 Å². The third kappa shape index (κ3) is 6.82. The summed E-state index contributed by atoms with van der Waals surface area (Å²) in [5.41, 5.74) is 1.98. The van der Waals surface area contributed by atoms with Crippen LogP contribution in [0.2, 0.25) is 0 Å². The Morgan fingerprint density at radius 3 is 2.08 bits per heavy atom. The molecule has 6 nitrogen and oxygen atoms in total. The first-order chi connectivity index (χ1) is 17.0. The molecule has 2 aliphatic rings. The highest BCUT2D eigenvalue weighted by Crippen LogP contribution is 2.39. The van der Waals surface area contributed by atoms with Crippen molar-refractivity contribution < 1.29 is 45.4 Å². The number of benzene rings is 2. The number of carbonyl (C=O) groups excluding carboxylic acids is 1. The minimum atomic E-state index is -4.77. The number of rotatable bonds is 7. The van der Waals surface area contributed by atoms with Crippen molar-refractivity contribution in [2.24, 2.45) is 17.0 Å². The summed E-state index contributed by atoms with van der Waals surface area (Å²) in [5, 5.41) is 6.99. The molecule has 3 atom stereocenters. The van der Waals surface area contributed by atoms with Crippen LogP contribution in [0.5, 0.6) is 11.5 Å². The Morgan fingerprint density at radius 1 is 0.917 bits per heavy atom. The molecule has 194 valence electrons. The predicted molar refractivity (Wildman–Crippen MR) is 115 cm³/mol. The molecular weight excluding hydrogens is 494 g/mol. The number of nitrogens with zero attached hydrogens (tertiary/aromatic N) is 1. The highest BCUT2D eigenvalue weighted by atomic mass is 19.4. The molecule has 0 radical (unpaired) electrons. The van der Waals surface area contributed by atoms with E-state index in [4.69, 9.17) is 4.84 Å². The highest BCUT2D eigenvalue weighted by molar-refractivity contribution is 5.93. The molecule has 1 aliphatic carbocycles. The minimum absolute atomic E-state index is 0.134. The maximum Gasteiger partial charge on any atom is 0.573 e. The van der Waals surface area contributed by atoms with E-state index in [1.54, 1.807) is 0 Å². The van der Waals surface area contributed by atoms with E-state index in [9.17, 15) is 31.1 Å². The number of oxime groups is 1. The lowest BCUT2D eigenvalue weighted by molar-refractivity contribution is -0.275. The lowest BCUT2D eigenvalue weighted by Crippen LogP contribution is -2.34. The van der Waals surface area contributed by atoms with Crippen LogP contribution < -0.4 is 14.8 Å². The van der Waals surface area contributed by atoms with Crippen LogP contribution in [0.1, 0.15) is 42.9 Å². The molecule has 1 saturated carbocycles. The summed E-state index contributed by atoms with van der Waals surface area (Å²) < 4.78 is 81.6. The maximum atomic E-state index is 12.9. The molecule has 1 fully saturated rings. The zero-order valence-corrected chi connectivity index (χ0v) is 18.7.